The van der Waals surface area contributed by atoms with Gasteiger partial charge in [-0.1, -0.05) is 0 Å². The predicted molar refractivity (Wildman–Crippen MR) is 66.3 cm³/mol. The fourth-order valence-corrected chi connectivity index (χ4v) is 1.24. The van der Waals surface area contributed by atoms with Crippen molar-refractivity contribution in [2.75, 3.05) is 25.0 Å². The zero-order valence-corrected chi connectivity index (χ0v) is 10.1. The fraction of sp³-hybridized carbons (Fsp3) is 0.364. The van der Waals surface area contributed by atoms with Crippen LogP contribution in [-0.4, -0.2) is 36.7 Å². The first-order chi connectivity index (χ1) is 8.63. The number of ether oxygens (including phenoxy) is 1. The molecule has 0 aromatic carbocycles. The SMILES string of the molecule is CCNc1ccc(C(=O)NCCOC(N)=O)nc1. The zero-order valence-electron chi connectivity index (χ0n) is 10.1. The summed E-state index contributed by atoms with van der Waals surface area (Å²) in [5.74, 6) is -0.328. The number of hydrogen-bond acceptors (Lipinski definition) is 5. The van der Waals surface area contributed by atoms with E-state index in [1.807, 2.05) is 6.92 Å². The summed E-state index contributed by atoms with van der Waals surface area (Å²) in [6.45, 7) is 2.99. The predicted octanol–water partition coefficient (Wildman–Crippen LogP) is 0.339. The summed E-state index contributed by atoms with van der Waals surface area (Å²) in [7, 11) is 0. The van der Waals surface area contributed by atoms with Crippen molar-refractivity contribution in [3.63, 3.8) is 0 Å². The van der Waals surface area contributed by atoms with Gasteiger partial charge in [-0.15, -0.1) is 0 Å². The van der Waals surface area contributed by atoms with E-state index in [1.165, 1.54) is 0 Å². The molecular weight excluding hydrogens is 236 g/mol. The summed E-state index contributed by atoms with van der Waals surface area (Å²) in [4.78, 5) is 25.9. The van der Waals surface area contributed by atoms with Gasteiger partial charge in [-0.3, -0.25) is 4.79 Å². The number of nitrogens with two attached hydrogens (primary N) is 1. The molecule has 1 rings (SSSR count). The van der Waals surface area contributed by atoms with E-state index in [0.29, 0.717) is 5.69 Å². The molecule has 2 amide bonds. The van der Waals surface area contributed by atoms with Crippen LogP contribution in [0.4, 0.5) is 10.5 Å². The van der Waals surface area contributed by atoms with Crippen LogP contribution in [0.15, 0.2) is 18.3 Å². The number of primary amides is 1. The van der Waals surface area contributed by atoms with Crippen molar-refractivity contribution in [2.45, 2.75) is 6.92 Å². The summed E-state index contributed by atoms with van der Waals surface area (Å²) >= 11 is 0. The van der Waals surface area contributed by atoms with Gasteiger partial charge >= 0.3 is 6.09 Å². The molecule has 4 N–H and O–H groups in total. The quantitative estimate of drug-likeness (QED) is 0.633. The molecule has 0 aliphatic carbocycles. The van der Waals surface area contributed by atoms with Gasteiger partial charge in [0, 0.05) is 6.54 Å². The van der Waals surface area contributed by atoms with E-state index >= 15 is 0 Å². The highest BCUT2D eigenvalue weighted by molar-refractivity contribution is 5.92. The van der Waals surface area contributed by atoms with Crippen molar-refractivity contribution in [3.8, 4) is 0 Å². The molecule has 18 heavy (non-hydrogen) atoms. The molecular formula is C11H16N4O3. The number of pyridine rings is 1. The third kappa shape index (κ3) is 4.69. The van der Waals surface area contributed by atoms with Crippen LogP contribution in [0.3, 0.4) is 0 Å². The lowest BCUT2D eigenvalue weighted by molar-refractivity contribution is 0.0932. The first kappa shape index (κ1) is 13.8. The number of nitrogens with zero attached hydrogens (tertiary/aromatic N) is 1. The minimum atomic E-state index is -0.864. The lowest BCUT2D eigenvalue weighted by Gasteiger charge is -2.06. The third-order valence-corrected chi connectivity index (χ3v) is 2.01. The van der Waals surface area contributed by atoms with Gasteiger partial charge in [0.2, 0.25) is 0 Å². The summed E-state index contributed by atoms with van der Waals surface area (Å²) < 4.78 is 4.47. The molecule has 0 saturated carbocycles. The lowest BCUT2D eigenvalue weighted by atomic mass is 10.3. The Balaban J connectivity index is 2.39. The van der Waals surface area contributed by atoms with Gasteiger partial charge in [0.05, 0.1) is 18.4 Å². The number of amides is 2. The molecule has 1 aromatic heterocycles. The highest BCUT2D eigenvalue weighted by Gasteiger charge is 2.06. The van der Waals surface area contributed by atoms with Crippen LogP contribution in [0, 0.1) is 0 Å². The summed E-state index contributed by atoms with van der Waals surface area (Å²) in [6.07, 6.45) is 0.718. The highest BCUT2D eigenvalue weighted by Crippen LogP contribution is 2.05. The Morgan fingerprint density at radius 2 is 2.22 bits per heavy atom. The maximum Gasteiger partial charge on any atom is 0.404 e. The number of hydrogen-bond donors (Lipinski definition) is 3. The van der Waals surface area contributed by atoms with E-state index in [9.17, 15) is 9.59 Å². The Hall–Kier alpha value is -2.31. The molecule has 0 spiro atoms. The maximum absolute atomic E-state index is 11.6. The number of carbonyl (C=O) groups excluding carboxylic acids is 2. The molecule has 1 aromatic rings. The topological polar surface area (TPSA) is 106 Å². The zero-order chi connectivity index (χ0) is 13.4. The molecule has 0 radical (unpaired) electrons. The van der Waals surface area contributed by atoms with E-state index in [2.05, 4.69) is 20.4 Å². The summed E-state index contributed by atoms with van der Waals surface area (Å²) in [5.41, 5.74) is 5.93. The monoisotopic (exact) mass is 252 g/mol. The minimum Gasteiger partial charge on any atom is -0.448 e. The van der Waals surface area contributed by atoms with E-state index in [4.69, 9.17) is 5.73 Å². The molecule has 98 valence electrons. The van der Waals surface area contributed by atoms with Crippen LogP contribution in [0.2, 0.25) is 0 Å². The molecule has 0 aliphatic heterocycles. The van der Waals surface area contributed by atoms with Crippen molar-refractivity contribution >= 4 is 17.7 Å². The molecule has 0 fully saturated rings. The molecule has 7 nitrogen and oxygen atoms in total. The fourth-order valence-electron chi connectivity index (χ4n) is 1.24. The molecule has 0 saturated heterocycles. The van der Waals surface area contributed by atoms with E-state index in [1.54, 1.807) is 18.3 Å². The van der Waals surface area contributed by atoms with Gasteiger partial charge in [-0.25, -0.2) is 9.78 Å². The number of nitrogens with one attached hydrogen (secondary N) is 2. The molecule has 0 aliphatic rings. The van der Waals surface area contributed by atoms with Gasteiger partial charge in [-0.05, 0) is 19.1 Å². The Labute approximate surface area is 105 Å². The molecule has 7 heteroatoms. The van der Waals surface area contributed by atoms with Gasteiger partial charge < -0.3 is 21.1 Å². The first-order valence-electron chi connectivity index (χ1n) is 5.54. The normalized spacial score (nSPS) is 9.61. The second-order valence-electron chi connectivity index (χ2n) is 3.39. The van der Waals surface area contributed by atoms with Gasteiger partial charge in [0.15, 0.2) is 0 Å². The molecule has 0 bridgehead atoms. The minimum absolute atomic E-state index is 0.0382. The number of carbonyl (C=O) groups is 2. The van der Waals surface area contributed by atoms with E-state index < -0.39 is 6.09 Å². The van der Waals surface area contributed by atoms with Crippen molar-refractivity contribution in [1.29, 1.82) is 0 Å². The van der Waals surface area contributed by atoms with Crippen molar-refractivity contribution < 1.29 is 14.3 Å². The second-order valence-corrected chi connectivity index (χ2v) is 3.39. The van der Waals surface area contributed by atoms with Crippen molar-refractivity contribution in [3.05, 3.63) is 24.0 Å². The van der Waals surface area contributed by atoms with Crippen LogP contribution in [0.25, 0.3) is 0 Å². The van der Waals surface area contributed by atoms with Crippen LogP contribution in [0.1, 0.15) is 17.4 Å². The molecule has 0 atom stereocenters. The van der Waals surface area contributed by atoms with E-state index in [0.717, 1.165) is 12.2 Å². The molecule has 0 unspecified atom stereocenters. The highest BCUT2D eigenvalue weighted by atomic mass is 16.5. The lowest BCUT2D eigenvalue weighted by Crippen LogP contribution is -2.29. The van der Waals surface area contributed by atoms with Crippen LogP contribution in [0.5, 0.6) is 0 Å². The maximum atomic E-state index is 11.6. The average Bonchev–Trinajstić information content (AvgIpc) is 2.35. The Morgan fingerprint density at radius 1 is 1.44 bits per heavy atom. The summed E-state index contributed by atoms with van der Waals surface area (Å²) in [6, 6.07) is 3.38. The smallest absolute Gasteiger partial charge is 0.404 e. The number of aromatic nitrogens is 1. The molecule has 1 heterocycles. The first-order valence-corrected chi connectivity index (χ1v) is 5.54. The average molecular weight is 252 g/mol. The van der Waals surface area contributed by atoms with Crippen LogP contribution < -0.4 is 16.4 Å². The standard InChI is InChI=1S/C11H16N4O3/c1-2-13-8-3-4-9(15-7-8)10(16)14-5-6-18-11(12)17/h3-4,7,13H,2,5-6H2,1H3,(H2,12,17)(H,14,16). The van der Waals surface area contributed by atoms with Gasteiger partial charge in [0.1, 0.15) is 12.3 Å². The summed E-state index contributed by atoms with van der Waals surface area (Å²) in [5, 5.41) is 5.62. The van der Waals surface area contributed by atoms with Crippen molar-refractivity contribution in [2.24, 2.45) is 5.73 Å². The van der Waals surface area contributed by atoms with Crippen molar-refractivity contribution in [1.82, 2.24) is 10.3 Å². The Morgan fingerprint density at radius 3 is 2.78 bits per heavy atom. The van der Waals surface area contributed by atoms with Crippen LogP contribution in [-0.2, 0) is 4.74 Å². The van der Waals surface area contributed by atoms with Gasteiger partial charge in [-0.2, -0.15) is 0 Å². The van der Waals surface area contributed by atoms with Gasteiger partial charge in [0.25, 0.3) is 5.91 Å². The number of anilines is 1. The van der Waals surface area contributed by atoms with Crippen LogP contribution >= 0.6 is 0 Å². The largest absolute Gasteiger partial charge is 0.448 e. The Kier molecular flexibility index (Phi) is 5.43. The van der Waals surface area contributed by atoms with E-state index in [-0.39, 0.29) is 19.1 Å². The third-order valence-electron chi connectivity index (χ3n) is 2.01. The Bertz CT molecular complexity index is 405. The number of rotatable bonds is 6. The second kappa shape index (κ2) is 7.10.